The first-order chi connectivity index (χ1) is 11.0. The Bertz CT molecular complexity index is 856. The number of nitrogens with zero attached hydrogens (tertiary/aromatic N) is 2. The summed E-state index contributed by atoms with van der Waals surface area (Å²) in [4.78, 5) is 35.2. The van der Waals surface area contributed by atoms with E-state index in [0.717, 1.165) is 11.0 Å². The number of carbonyl (C=O) groups excluding carboxylic acids is 2. The monoisotopic (exact) mass is 332 g/mol. The molecule has 2 heterocycles. The molecule has 0 bridgehead atoms. The van der Waals surface area contributed by atoms with Crippen molar-refractivity contribution in [2.75, 3.05) is 4.90 Å². The normalized spacial score (nSPS) is 16.3. The minimum atomic E-state index is -0.699. The van der Waals surface area contributed by atoms with Crippen LogP contribution in [0, 0.1) is 10.1 Å². The zero-order valence-corrected chi connectivity index (χ0v) is 12.1. The third-order valence-electron chi connectivity index (χ3n) is 2.95. The van der Waals surface area contributed by atoms with E-state index in [0.29, 0.717) is 11.8 Å². The van der Waals surface area contributed by atoms with Crippen LogP contribution < -0.4 is 4.90 Å². The lowest BCUT2D eigenvalue weighted by atomic mass is 10.2. The number of hydrogen-bond donors (Lipinski definition) is 1. The van der Waals surface area contributed by atoms with Gasteiger partial charge in [-0.2, -0.15) is 0 Å². The molecule has 0 spiro atoms. The number of rotatable bonds is 3. The number of anilines is 1. The lowest BCUT2D eigenvalue weighted by Gasteiger charge is -2.12. The molecule has 1 N–H and O–H groups in total. The van der Waals surface area contributed by atoms with Gasteiger partial charge in [-0.1, -0.05) is 6.07 Å². The number of phenols is 1. The fourth-order valence-electron chi connectivity index (χ4n) is 1.97. The smallest absolute Gasteiger partial charge is 0.433 e. The second-order valence-corrected chi connectivity index (χ2v) is 5.46. The molecule has 0 aliphatic carbocycles. The van der Waals surface area contributed by atoms with Crippen LogP contribution in [0.5, 0.6) is 5.75 Å². The zero-order chi connectivity index (χ0) is 16.6. The van der Waals surface area contributed by atoms with Gasteiger partial charge >= 0.3 is 5.88 Å². The van der Waals surface area contributed by atoms with Crippen molar-refractivity contribution < 1.29 is 24.0 Å². The van der Waals surface area contributed by atoms with Gasteiger partial charge in [0.05, 0.1) is 16.7 Å². The van der Waals surface area contributed by atoms with Gasteiger partial charge in [0, 0.05) is 12.1 Å². The number of phenolic OH excluding ortho intramolecular Hbond substituents is 1. The van der Waals surface area contributed by atoms with Crippen molar-refractivity contribution in [2.45, 2.75) is 0 Å². The van der Waals surface area contributed by atoms with Crippen LogP contribution in [0.1, 0.15) is 5.76 Å². The van der Waals surface area contributed by atoms with E-state index in [-0.39, 0.29) is 22.1 Å². The molecule has 2 amide bonds. The molecular weight excluding hydrogens is 324 g/mol. The number of furan rings is 1. The molecule has 0 radical (unpaired) electrons. The third-order valence-corrected chi connectivity index (χ3v) is 3.82. The molecule has 0 saturated carbocycles. The van der Waals surface area contributed by atoms with Crippen molar-refractivity contribution in [1.82, 2.24) is 0 Å². The van der Waals surface area contributed by atoms with Crippen LogP contribution in [0.25, 0.3) is 6.08 Å². The lowest BCUT2D eigenvalue weighted by Crippen LogP contribution is -2.27. The molecule has 8 nitrogen and oxygen atoms in total. The average Bonchev–Trinajstić information content (AvgIpc) is 3.05. The highest BCUT2D eigenvalue weighted by Gasteiger charge is 2.36. The van der Waals surface area contributed by atoms with Crippen molar-refractivity contribution in [3.63, 3.8) is 0 Å². The quantitative estimate of drug-likeness (QED) is 0.521. The van der Waals surface area contributed by atoms with Crippen LogP contribution >= 0.6 is 11.8 Å². The molecule has 23 heavy (non-hydrogen) atoms. The molecule has 1 aromatic heterocycles. The Labute approximate surface area is 133 Å². The van der Waals surface area contributed by atoms with Crippen molar-refractivity contribution in [3.8, 4) is 5.75 Å². The van der Waals surface area contributed by atoms with E-state index < -0.39 is 22.0 Å². The highest BCUT2D eigenvalue weighted by molar-refractivity contribution is 8.19. The zero-order valence-electron chi connectivity index (χ0n) is 11.3. The summed E-state index contributed by atoms with van der Waals surface area (Å²) in [6.07, 6.45) is 1.26. The molecule has 1 saturated heterocycles. The average molecular weight is 332 g/mol. The minimum Gasteiger partial charge on any atom is -0.508 e. The van der Waals surface area contributed by atoms with Crippen LogP contribution in [0.15, 0.2) is 45.7 Å². The first-order valence-corrected chi connectivity index (χ1v) is 7.08. The predicted molar refractivity (Wildman–Crippen MR) is 81.9 cm³/mol. The van der Waals surface area contributed by atoms with Gasteiger partial charge in [0.15, 0.2) is 0 Å². The Morgan fingerprint density at radius 2 is 2.04 bits per heavy atom. The number of aromatic hydroxyl groups is 1. The topological polar surface area (TPSA) is 114 Å². The predicted octanol–water partition coefficient (Wildman–Crippen LogP) is 3.13. The Kier molecular flexibility index (Phi) is 3.62. The summed E-state index contributed by atoms with van der Waals surface area (Å²) >= 11 is 0.682. The Hall–Kier alpha value is -3.07. The summed E-state index contributed by atoms with van der Waals surface area (Å²) in [6.45, 7) is 0. The maximum Gasteiger partial charge on any atom is 0.433 e. The van der Waals surface area contributed by atoms with Crippen molar-refractivity contribution in [2.24, 2.45) is 0 Å². The Morgan fingerprint density at radius 3 is 2.70 bits per heavy atom. The second kappa shape index (κ2) is 5.61. The number of benzene rings is 1. The number of carbonyl (C=O) groups is 2. The van der Waals surface area contributed by atoms with Crippen LogP contribution in [0.4, 0.5) is 16.4 Å². The van der Waals surface area contributed by atoms with E-state index in [1.54, 1.807) is 0 Å². The molecule has 9 heteroatoms. The van der Waals surface area contributed by atoms with Gasteiger partial charge in [-0.05, 0) is 30.0 Å². The van der Waals surface area contributed by atoms with Gasteiger partial charge in [0.25, 0.3) is 11.1 Å². The summed E-state index contributed by atoms with van der Waals surface area (Å²) in [5.41, 5.74) is 0.237. The van der Waals surface area contributed by atoms with Crippen molar-refractivity contribution in [1.29, 1.82) is 0 Å². The number of nitro groups is 1. The fourth-order valence-corrected chi connectivity index (χ4v) is 2.79. The van der Waals surface area contributed by atoms with E-state index in [4.69, 9.17) is 4.42 Å². The van der Waals surface area contributed by atoms with E-state index in [9.17, 15) is 24.8 Å². The van der Waals surface area contributed by atoms with Crippen LogP contribution in [-0.4, -0.2) is 21.2 Å². The van der Waals surface area contributed by atoms with Crippen LogP contribution in [0.2, 0.25) is 0 Å². The maximum atomic E-state index is 12.3. The molecule has 2 aromatic rings. The minimum absolute atomic E-state index is 0.0718. The molecule has 1 aromatic carbocycles. The highest BCUT2D eigenvalue weighted by atomic mass is 32.2. The standard InChI is InChI=1S/C14H8N2O6S/c17-9-3-1-2-8(6-9)15-13(18)11(23-14(15)19)7-10-4-5-12(22-10)16(20)21/h1-7,17H/b11-7-. The molecule has 0 unspecified atom stereocenters. The third kappa shape index (κ3) is 2.81. The van der Waals surface area contributed by atoms with E-state index in [2.05, 4.69) is 0 Å². The summed E-state index contributed by atoms with van der Waals surface area (Å²) in [5, 5.41) is 19.5. The maximum absolute atomic E-state index is 12.3. The Balaban J connectivity index is 1.91. The number of amides is 2. The molecule has 1 fully saturated rings. The first kappa shape index (κ1) is 14.9. The molecule has 3 rings (SSSR count). The molecule has 0 atom stereocenters. The molecule has 116 valence electrons. The summed E-state index contributed by atoms with van der Waals surface area (Å²) in [7, 11) is 0. The number of hydrogen-bond acceptors (Lipinski definition) is 7. The van der Waals surface area contributed by atoms with Crippen LogP contribution in [-0.2, 0) is 4.79 Å². The largest absolute Gasteiger partial charge is 0.508 e. The fraction of sp³-hybridized carbons (Fsp3) is 0. The second-order valence-electron chi connectivity index (χ2n) is 4.47. The Morgan fingerprint density at radius 1 is 1.26 bits per heavy atom. The van der Waals surface area contributed by atoms with Crippen LogP contribution in [0.3, 0.4) is 0 Å². The highest BCUT2D eigenvalue weighted by Crippen LogP contribution is 2.36. The van der Waals surface area contributed by atoms with Crippen molar-refractivity contribution in [3.05, 3.63) is 57.2 Å². The summed E-state index contributed by atoms with van der Waals surface area (Å²) in [6, 6.07) is 8.22. The lowest BCUT2D eigenvalue weighted by molar-refractivity contribution is -0.402. The summed E-state index contributed by atoms with van der Waals surface area (Å²) < 4.78 is 4.94. The number of thioether (sulfide) groups is 1. The SMILES string of the molecule is O=C1S/C(=C\c2ccc([N+](=O)[O-])o2)C(=O)N1c1cccc(O)c1. The van der Waals surface area contributed by atoms with Crippen molar-refractivity contribution >= 4 is 40.6 Å². The van der Waals surface area contributed by atoms with Gasteiger partial charge in [-0.15, -0.1) is 0 Å². The van der Waals surface area contributed by atoms with E-state index >= 15 is 0 Å². The van der Waals surface area contributed by atoms with Gasteiger partial charge in [0.1, 0.15) is 16.4 Å². The van der Waals surface area contributed by atoms with E-state index in [1.165, 1.54) is 36.4 Å². The number of imide groups is 1. The van der Waals surface area contributed by atoms with Gasteiger partial charge in [0.2, 0.25) is 0 Å². The summed E-state index contributed by atoms with van der Waals surface area (Å²) in [5.74, 6) is -1.03. The van der Waals surface area contributed by atoms with Gasteiger partial charge in [-0.25, -0.2) is 4.90 Å². The first-order valence-electron chi connectivity index (χ1n) is 6.27. The molecular formula is C14H8N2O6S. The molecule has 1 aliphatic rings. The van der Waals surface area contributed by atoms with Gasteiger partial charge < -0.3 is 9.52 Å². The van der Waals surface area contributed by atoms with Gasteiger partial charge in [-0.3, -0.25) is 19.7 Å². The molecule has 1 aliphatic heterocycles. The van der Waals surface area contributed by atoms with E-state index in [1.807, 2.05) is 0 Å².